The molecule has 3 aliphatic heterocycles. The lowest BCUT2D eigenvalue weighted by Crippen LogP contribution is -2.59. The average Bonchev–Trinajstić information content (AvgIpc) is 4.05. The van der Waals surface area contributed by atoms with Crippen LogP contribution in [0.25, 0.3) is 10.4 Å². The summed E-state index contributed by atoms with van der Waals surface area (Å²) in [4.78, 5) is 102. The smallest absolute Gasteiger partial charge is 0.246 e. The van der Waals surface area contributed by atoms with E-state index in [0.29, 0.717) is 25.8 Å². The quantitative estimate of drug-likeness (QED) is 0.108. The molecule has 71 heavy (non-hydrogen) atoms. The largest absolute Gasteiger partial charge is 0.488 e. The number of carbonyl (C=O) groups excluding carboxylic acids is 7. The molecule has 0 aliphatic carbocycles. The summed E-state index contributed by atoms with van der Waals surface area (Å²) in [6, 6.07) is 3.87. The van der Waals surface area contributed by atoms with Crippen molar-refractivity contribution in [3.8, 4) is 16.2 Å². The molecule has 3 aromatic rings. The van der Waals surface area contributed by atoms with Gasteiger partial charge < -0.3 is 52.0 Å². The first kappa shape index (κ1) is 54.3. The highest BCUT2D eigenvalue weighted by Crippen LogP contribution is 2.32. The minimum absolute atomic E-state index is 0.00745. The van der Waals surface area contributed by atoms with Crippen LogP contribution < -0.4 is 32.2 Å². The fourth-order valence-electron chi connectivity index (χ4n) is 9.54. The number of β-amino-alcohol motifs (C(OH)–C–C–N with tert-alkyl or cyclic N) is 1. The number of halogens is 2. The molecular weight excluding hydrogens is 941 g/mol. The maximum Gasteiger partial charge on any atom is 0.246 e. The van der Waals surface area contributed by atoms with E-state index in [0.717, 1.165) is 33.8 Å². The van der Waals surface area contributed by atoms with Crippen LogP contribution in [-0.4, -0.2) is 135 Å². The van der Waals surface area contributed by atoms with E-state index in [1.807, 2.05) is 38.1 Å². The van der Waals surface area contributed by atoms with Crippen LogP contribution in [0.2, 0.25) is 0 Å². The van der Waals surface area contributed by atoms with E-state index in [9.17, 15) is 38.7 Å². The number of ether oxygens (including phenoxy) is 1. The predicted octanol–water partition coefficient (Wildman–Crippen LogP) is 3.16. The minimum atomic E-state index is -1.11. The van der Waals surface area contributed by atoms with Crippen molar-refractivity contribution in [2.45, 2.75) is 148 Å². The Morgan fingerprint density at radius 1 is 0.972 bits per heavy atom. The lowest BCUT2D eigenvalue weighted by atomic mass is 9.85. The molecule has 6 rings (SSSR count). The molecule has 8 atom stereocenters. The summed E-state index contributed by atoms with van der Waals surface area (Å²) in [7, 11) is 0. The molecule has 3 saturated heterocycles. The van der Waals surface area contributed by atoms with Crippen LogP contribution in [0, 0.1) is 24.0 Å². The predicted molar refractivity (Wildman–Crippen MR) is 260 cm³/mol. The summed E-state index contributed by atoms with van der Waals surface area (Å²) in [6.07, 6.45) is -0.115. The molecule has 386 valence electrons. The molecule has 21 heteroatoms. The van der Waals surface area contributed by atoms with Crippen molar-refractivity contribution in [1.82, 2.24) is 35.6 Å². The van der Waals surface area contributed by atoms with Gasteiger partial charge in [0.15, 0.2) is 11.6 Å². The number of aliphatic hydroxyl groups is 1. The van der Waals surface area contributed by atoms with Crippen LogP contribution in [0.3, 0.4) is 0 Å². The van der Waals surface area contributed by atoms with E-state index in [4.69, 9.17) is 16.2 Å². The lowest BCUT2D eigenvalue weighted by Gasteiger charge is -2.37. The van der Waals surface area contributed by atoms with Gasteiger partial charge in [-0.15, -0.1) is 11.3 Å². The van der Waals surface area contributed by atoms with Crippen molar-refractivity contribution >= 4 is 52.7 Å². The Bertz CT molecular complexity index is 2450. The number of nitrogens with two attached hydrogens (primary N) is 2. The molecule has 18 nitrogen and oxygen atoms in total. The SMILES string of the molecule is CC(=O)N1CC[C@H]2CC[C@@H](C(=O)N[C@@H](CCC(N)=O)COc3cc(F)cc(CCCC(=O)N[C@H](C(=O)N4C[C@H](O)C[C@H]4C(=O)N[C@@H](C)c4ccc(-c5scnc5C)cc4)C(C)(C)C)c3F)N2C(=O)[C@@H](N)C1. The Kier molecular flexibility index (Phi) is 17.9. The highest BCUT2D eigenvalue weighted by molar-refractivity contribution is 7.13. The Morgan fingerprint density at radius 2 is 1.68 bits per heavy atom. The summed E-state index contributed by atoms with van der Waals surface area (Å²) in [6.45, 7) is 10.3. The number of fused-ring (bicyclic) bond motifs is 1. The summed E-state index contributed by atoms with van der Waals surface area (Å²) in [5.41, 5.74) is 15.2. The molecular formula is C50H67F2N9O9S. The van der Waals surface area contributed by atoms with Crippen LogP contribution >= 0.6 is 11.3 Å². The van der Waals surface area contributed by atoms with Crippen molar-refractivity contribution in [1.29, 1.82) is 0 Å². The molecule has 0 saturated carbocycles. The number of primary amides is 1. The van der Waals surface area contributed by atoms with Crippen LogP contribution in [0.1, 0.15) is 109 Å². The second-order valence-electron chi connectivity index (χ2n) is 20.0. The number of likely N-dealkylation sites (tertiary alicyclic amines) is 1. The van der Waals surface area contributed by atoms with E-state index in [2.05, 4.69) is 20.9 Å². The average molecular weight is 1010 g/mol. The van der Waals surface area contributed by atoms with Gasteiger partial charge in [-0.1, -0.05) is 45.0 Å². The molecule has 3 fully saturated rings. The van der Waals surface area contributed by atoms with Gasteiger partial charge in [-0.25, -0.2) is 13.8 Å². The second-order valence-corrected chi connectivity index (χ2v) is 20.8. The number of hydrogen-bond donors (Lipinski definition) is 6. The van der Waals surface area contributed by atoms with E-state index in [1.54, 1.807) is 26.3 Å². The summed E-state index contributed by atoms with van der Waals surface area (Å²) < 4.78 is 36.7. The summed E-state index contributed by atoms with van der Waals surface area (Å²) in [5.74, 6) is -5.63. The van der Waals surface area contributed by atoms with Crippen molar-refractivity contribution in [3.63, 3.8) is 0 Å². The van der Waals surface area contributed by atoms with E-state index in [-0.39, 0.29) is 69.1 Å². The minimum Gasteiger partial charge on any atom is -0.488 e. The number of carbonyl (C=O) groups is 7. The Labute approximate surface area is 416 Å². The zero-order valence-electron chi connectivity index (χ0n) is 41.2. The number of benzene rings is 2. The second kappa shape index (κ2) is 23.4. The zero-order valence-corrected chi connectivity index (χ0v) is 42.0. The number of rotatable bonds is 18. The topological polar surface area (TPSA) is 260 Å². The first-order valence-electron chi connectivity index (χ1n) is 24.1. The van der Waals surface area contributed by atoms with Gasteiger partial charge in [0.1, 0.15) is 36.6 Å². The number of amides is 7. The van der Waals surface area contributed by atoms with Gasteiger partial charge in [0.25, 0.3) is 0 Å². The summed E-state index contributed by atoms with van der Waals surface area (Å²) >= 11 is 1.54. The van der Waals surface area contributed by atoms with Crippen LogP contribution in [0.4, 0.5) is 8.78 Å². The monoisotopic (exact) mass is 1010 g/mol. The first-order chi connectivity index (χ1) is 33.5. The normalized spacial score (nSPS) is 21.6. The highest BCUT2D eigenvalue weighted by Gasteiger charge is 2.46. The standard InChI is InChI=1S/C50H67F2N9O9S/c1-27(30-10-12-31(13-11-30)44-28(2)55-26-71-44)56-47(67)39-22-36(63)23-60(39)49(69)45(50(4,5)6)58-42(65)9-7-8-32-20-33(51)21-40(43(32)52)70-25-34(14-17-41(54)64)57-46(66)38-16-15-35-18-19-59(29(3)62)24-37(53)48(68)61(35)38/h10-13,20-21,26-27,34-39,45,63H,7-9,14-19,22-25,53H2,1-6H3,(H2,54,64)(H,56,67)(H,57,66)(H,58,65)/t27-,34-,35+,36+,37-,38-,39-,45+/m0/s1. The van der Waals surface area contributed by atoms with Gasteiger partial charge in [0.05, 0.1) is 34.3 Å². The molecule has 0 spiro atoms. The van der Waals surface area contributed by atoms with Gasteiger partial charge in [-0.05, 0) is 80.5 Å². The van der Waals surface area contributed by atoms with Crippen molar-refractivity contribution in [2.75, 3.05) is 26.2 Å². The summed E-state index contributed by atoms with van der Waals surface area (Å²) in [5, 5.41) is 19.3. The van der Waals surface area contributed by atoms with Gasteiger partial charge in [0.2, 0.25) is 41.4 Å². The number of aromatic nitrogens is 1. The van der Waals surface area contributed by atoms with E-state index >= 15 is 8.78 Å². The highest BCUT2D eigenvalue weighted by atomic mass is 32.1. The van der Waals surface area contributed by atoms with Gasteiger partial charge >= 0.3 is 0 Å². The van der Waals surface area contributed by atoms with Crippen LogP contribution in [0.5, 0.6) is 5.75 Å². The van der Waals surface area contributed by atoms with Gasteiger partial charge in [-0.2, -0.15) is 0 Å². The molecule has 0 unspecified atom stereocenters. The van der Waals surface area contributed by atoms with Crippen molar-refractivity contribution in [2.24, 2.45) is 16.9 Å². The number of thiazole rings is 1. The van der Waals surface area contributed by atoms with Gasteiger partial charge in [-0.3, -0.25) is 33.6 Å². The number of nitrogens with zero attached hydrogens (tertiary/aromatic N) is 4. The third-order valence-corrected chi connectivity index (χ3v) is 14.5. The Hall–Kier alpha value is -6.06. The number of aryl methyl sites for hydroxylation is 2. The molecule has 7 amide bonds. The number of hydrogen-bond acceptors (Lipinski definition) is 12. The van der Waals surface area contributed by atoms with Crippen molar-refractivity contribution < 1.29 is 52.2 Å². The molecule has 0 bridgehead atoms. The molecule has 4 heterocycles. The molecule has 2 aromatic carbocycles. The Morgan fingerprint density at radius 3 is 2.32 bits per heavy atom. The Balaban J connectivity index is 1.04. The maximum absolute atomic E-state index is 16.0. The van der Waals surface area contributed by atoms with Gasteiger partial charge in [0, 0.05) is 57.9 Å². The van der Waals surface area contributed by atoms with Crippen LogP contribution in [0.15, 0.2) is 41.9 Å². The van der Waals surface area contributed by atoms with E-state index in [1.165, 1.54) is 33.0 Å². The third-order valence-electron chi connectivity index (χ3n) is 13.5. The number of nitrogens with one attached hydrogen (secondary N) is 3. The zero-order chi connectivity index (χ0) is 51.9. The molecule has 1 aromatic heterocycles. The van der Waals surface area contributed by atoms with Crippen LogP contribution in [-0.2, 0) is 40.0 Å². The molecule has 8 N–H and O–H groups in total. The fourth-order valence-corrected chi connectivity index (χ4v) is 10.4. The van der Waals surface area contributed by atoms with Crippen molar-refractivity contribution in [3.05, 3.63) is 70.4 Å². The lowest BCUT2D eigenvalue weighted by molar-refractivity contribution is -0.144. The third kappa shape index (κ3) is 13.7. The molecule has 3 aliphatic rings. The maximum atomic E-state index is 16.0. The molecule has 0 radical (unpaired) electrons. The fraction of sp³-hybridized carbons (Fsp3) is 0.560. The number of aliphatic hydroxyl groups excluding tert-OH is 1. The van der Waals surface area contributed by atoms with E-state index < -0.39 is 107 Å². The first-order valence-corrected chi connectivity index (χ1v) is 25.0.